The normalized spacial score (nSPS) is 10.2. The van der Waals surface area contributed by atoms with Crippen molar-refractivity contribution in [2.75, 3.05) is 25.1 Å². The first kappa shape index (κ1) is 20.3. The molecule has 2 rings (SSSR count). The molecule has 0 heterocycles. The summed E-state index contributed by atoms with van der Waals surface area (Å²) in [4.78, 5) is 24.4. The summed E-state index contributed by atoms with van der Waals surface area (Å²) in [6, 6.07) is 12.6. The van der Waals surface area contributed by atoms with Gasteiger partial charge in [-0.25, -0.2) is 0 Å². The van der Waals surface area contributed by atoms with Gasteiger partial charge in [0, 0.05) is 24.6 Å². The van der Waals surface area contributed by atoms with Crippen LogP contribution in [0.3, 0.4) is 0 Å². The molecule has 2 N–H and O–H groups in total. The molecule has 0 aromatic heterocycles. The minimum Gasteiger partial charge on any atom is -0.494 e. The van der Waals surface area contributed by atoms with Crippen LogP contribution in [-0.4, -0.2) is 31.6 Å². The van der Waals surface area contributed by atoms with Crippen molar-refractivity contribution in [1.29, 1.82) is 0 Å². The van der Waals surface area contributed by atoms with Gasteiger partial charge < -0.3 is 20.1 Å². The lowest BCUT2D eigenvalue weighted by Crippen LogP contribution is -2.27. The number of carbonyl (C=O) groups is 2. The minimum absolute atomic E-state index is 0.155. The fourth-order valence-electron chi connectivity index (χ4n) is 2.54. The van der Waals surface area contributed by atoms with Crippen molar-refractivity contribution < 1.29 is 19.1 Å². The van der Waals surface area contributed by atoms with E-state index < -0.39 is 0 Å². The number of nitrogens with one attached hydrogen (secondary N) is 2. The Bertz CT molecular complexity index is 790. The standard InChI is InChI=1S/C21H26N2O4/c1-4-26-17-9-10-19(27-5-2)18(14-17)23-20(24)11-12-22-21(25)16-8-6-7-15(3)13-16/h6-10,13-14H,4-5,11-12H2,1-3H3,(H,22,25)(H,23,24). The predicted molar refractivity (Wildman–Crippen MR) is 106 cm³/mol. The summed E-state index contributed by atoms with van der Waals surface area (Å²) in [6.45, 7) is 6.97. The lowest BCUT2D eigenvalue weighted by molar-refractivity contribution is -0.116. The summed E-state index contributed by atoms with van der Waals surface area (Å²) < 4.78 is 11.0. The summed E-state index contributed by atoms with van der Waals surface area (Å²) in [7, 11) is 0. The molecule has 0 saturated carbocycles. The summed E-state index contributed by atoms with van der Waals surface area (Å²) in [5, 5.41) is 5.58. The Morgan fingerprint density at radius 1 is 1.00 bits per heavy atom. The fourth-order valence-corrected chi connectivity index (χ4v) is 2.54. The van der Waals surface area contributed by atoms with Crippen molar-refractivity contribution >= 4 is 17.5 Å². The summed E-state index contributed by atoms with van der Waals surface area (Å²) >= 11 is 0. The highest BCUT2D eigenvalue weighted by atomic mass is 16.5. The maximum atomic E-state index is 12.3. The highest BCUT2D eigenvalue weighted by Crippen LogP contribution is 2.29. The van der Waals surface area contributed by atoms with Crippen LogP contribution in [0.5, 0.6) is 11.5 Å². The van der Waals surface area contributed by atoms with Crippen molar-refractivity contribution in [3.05, 3.63) is 53.6 Å². The zero-order valence-corrected chi connectivity index (χ0v) is 16.0. The number of ether oxygens (including phenoxy) is 2. The van der Waals surface area contributed by atoms with Gasteiger partial charge in [0.05, 0.1) is 18.9 Å². The maximum Gasteiger partial charge on any atom is 0.251 e. The second-order valence-electron chi connectivity index (χ2n) is 5.95. The van der Waals surface area contributed by atoms with E-state index in [-0.39, 0.29) is 24.8 Å². The second-order valence-corrected chi connectivity index (χ2v) is 5.95. The van der Waals surface area contributed by atoms with Crippen molar-refractivity contribution in [2.24, 2.45) is 0 Å². The van der Waals surface area contributed by atoms with Crippen LogP contribution in [0, 0.1) is 6.92 Å². The number of amides is 2. The van der Waals surface area contributed by atoms with E-state index in [2.05, 4.69) is 10.6 Å². The Morgan fingerprint density at radius 3 is 2.48 bits per heavy atom. The molecule has 0 atom stereocenters. The molecule has 0 bridgehead atoms. The van der Waals surface area contributed by atoms with Gasteiger partial charge in [0.2, 0.25) is 5.91 Å². The van der Waals surface area contributed by atoms with Crippen LogP contribution < -0.4 is 20.1 Å². The van der Waals surface area contributed by atoms with Gasteiger partial charge in [-0.05, 0) is 45.0 Å². The quantitative estimate of drug-likeness (QED) is 0.708. The molecule has 0 saturated heterocycles. The van der Waals surface area contributed by atoms with E-state index in [0.717, 1.165) is 5.56 Å². The SMILES string of the molecule is CCOc1ccc(OCC)c(NC(=O)CCNC(=O)c2cccc(C)c2)c1. The Kier molecular flexibility index (Phi) is 7.67. The number of benzene rings is 2. The summed E-state index contributed by atoms with van der Waals surface area (Å²) in [5.74, 6) is 0.830. The maximum absolute atomic E-state index is 12.3. The molecule has 2 amide bonds. The number of carbonyl (C=O) groups excluding carboxylic acids is 2. The smallest absolute Gasteiger partial charge is 0.251 e. The molecule has 0 aliphatic heterocycles. The Morgan fingerprint density at radius 2 is 1.78 bits per heavy atom. The van der Waals surface area contributed by atoms with Crippen LogP contribution in [-0.2, 0) is 4.79 Å². The Hall–Kier alpha value is -3.02. The molecule has 2 aromatic rings. The van der Waals surface area contributed by atoms with Crippen molar-refractivity contribution in [2.45, 2.75) is 27.2 Å². The first-order valence-corrected chi connectivity index (χ1v) is 9.07. The predicted octanol–water partition coefficient (Wildman–Crippen LogP) is 3.55. The number of rotatable bonds is 9. The molecule has 0 radical (unpaired) electrons. The van der Waals surface area contributed by atoms with Gasteiger partial charge >= 0.3 is 0 Å². The molecule has 27 heavy (non-hydrogen) atoms. The van der Waals surface area contributed by atoms with Gasteiger partial charge in [-0.15, -0.1) is 0 Å². The van der Waals surface area contributed by atoms with Gasteiger partial charge in [-0.1, -0.05) is 17.7 Å². The molecule has 0 unspecified atom stereocenters. The monoisotopic (exact) mass is 370 g/mol. The minimum atomic E-state index is -0.214. The van der Waals surface area contributed by atoms with E-state index in [9.17, 15) is 9.59 Å². The molecule has 6 nitrogen and oxygen atoms in total. The number of anilines is 1. The molecule has 6 heteroatoms. The van der Waals surface area contributed by atoms with Crippen LogP contribution in [0.25, 0.3) is 0 Å². The fraction of sp³-hybridized carbons (Fsp3) is 0.333. The van der Waals surface area contributed by atoms with Gasteiger partial charge in [0.25, 0.3) is 5.91 Å². The molecule has 0 spiro atoms. The lowest BCUT2D eigenvalue weighted by atomic mass is 10.1. The van der Waals surface area contributed by atoms with Gasteiger partial charge in [0.15, 0.2) is 0 Å². The average Bonchev–Trinajstić information content (AvgIpc) is 2.64. The topological polar surface area (TPSA) is 76.7 Å². The largest absolute Gasteiger partial charge is 0.494 e. The number of aryl methyl sites for hydroxylation is 1. The Balaban J connectivity index is 1.91. The van der Waals surface area contributed by atoms with E-state index in [4.69, 9.17) is 9.47 Å². The van der Waals surface area contributed by atoms with Gasteiger partial charge in [0.1, 0.15) is 11.5 Å². The zero-order valence-electron chi connectivity index (χ0n) is 16.0. The molecule has 0 fully saturated rings. The van der Waals surface area contributed by atoms with E-state index in [1.54, 1.807) is 24.3 Å². The van der Waals surface area contributed by atoms with Gasteiger partial charge in [-0.2, -0.15) is 0 Å². The first-order valence-electron chi connectivity index (χ1n) is 9.07. The van der Waals surface area contributed by atoms with Crippen LogP contribution in [0.1, 0.15) is 36.2 Å². The third-order valence-corrected chi connectivity index (χ3v) is 3.75. The van der Waals surface area contributed by atoms with Crippen LogP contribution in [0.4, 0.5) is 5.69 Å². The van der Waals surface area contributed by atoms with Gasteiger partial charge in [-0.3, -0.25) is 9.59 Å². The van der Waals surface area contributed by atoms with E-state index >= 15 is 0 Å². The summed E-state index contributed by atoms with van der Waals surface area (Å²) in [6.07, 6.45) is 0.155. The van der Waals surface area contributed by atoms with Crippen molar-refractivity contribution in [3.8, 4) is 11.5 Å². The molecule has 2 aromatic carbocycles. The third-order valence-electron chi connectivity index (χ3n) is 3.75. The summed E-state index contributed by atoms with van der Waals surface area (Å²) in [5.41, 5.74) is 2.15. The molecule has 0 aliphatic rings. The third kappa shape index (κ3) is 6.33. The van der Waals surface area contributed by atoms with E-state index in [0.29, 0.717) is 36.0 Å². The molecule has 0 aliphatic carbocycles. The second kappa shape index (κ2) is 10.2. The van der Waals surface area contributed by atoms with Crippen LogP contribution in [0.2, 0.25) is 0 Å². The Labute approximate surface area is 159 Å². The van der Waals surface area contributed by atoms with Crippen LogP contribution >= 0.6 is 0 Å². The number of hydrogen-bond acceptors (Lipinski definition) is 4. The first-order chi connectivity index (χ1) is 13.0. The average molecular weight is 370 g/mol. The highest BCUT2D eigenvalue weighted by Gasteiger charge is 2.11. The molecular formula is C21H26N2O4. The van der Waals surface area contributed by atoms with E-state index in [1.165, 1.54) is 0 Å². The number of hydrogen-bond donors (Lipinski definition) is 2. The van der Waals surface area contributed by atoms with E-state index in [1.807, 2.05) is 39.0 Å². The van der Waals surface area contributed by atoms with Crippen LogP contribution in [0.15, 0.2) is 42.5 Å². The zero-order chi connectivity index (χ0) is 19.6. The van der Waals surface area contributed by atoms with Crippen molar-refractivity contribution in [3.63, 3.8) is 0 Å². The molecule has 144 valence electrons. The lowest BCUT2D eigenvalue weighted by Gasteiger charge is -2.13. The highest BCUT2D eigenvalue weighted by molar-refractivity contribution is 5.95. The molecular weight excluding hydrogens is 344 g/mol. The van der Waals surface area contributed by atoms with Crippen molar-refractivity contribution in [1.82, 2.24) is 5.32 Å².